The van der Waals surface area contributed by atoms with Crippen molar-refractivity contribution in [3.8, 4) is 0 Å². The Morgan fingerprint density at radius 2 is 1.88 bits per heavy atom. The predicted octanol–water partition coefficient (Wildman–Crippen LogP) is 1.68. The number of carboxylic acids is 1. The first-order valence-electron chi connectivity index (χ1n) is 8.50. The van der Waals surface area contributed by atoms with Crippen molar-refractivity contribution in [3.63, 3.8) is 0 Å². The van der Waals surface area contributed by atoms with E-state index in [0.29, 0.717) is 16.8 Å². The lowest BCUT2D eigenvalue weighted by Gasteiger charge is -2.14. The minimum atomic E-state index is -0.967. The molecule has 0 bridgehead atoms. The highest BCUT2D eigenvalue weighted by Gasteiger charge is 2.19. The van der Waals surface area contributed by atoms with E-state index in [9.17, 15) is 14.4 Å². The van der Waals surface area contributed by atoms with E-state index in [0.717, 1.165) is 31.5 Å². The SMILES string of the molecule is O=C(O)CCNC(=O)c1ccc(NC(=O)c2cnn3c2CCCC3)cc1. The minimum Gasteiger partial charge on any atom is -0.481 e. The van der Waals surface area contributed by atoms with Gasteiger partial charge >= 0.3 is 5.97 Å². The molecule has 0 spiro atoms. The van der Waals surface area contributed by atoms with Gasteiger partial charge in [-0.15, -0.1) is 0 Å². The molecule has 1 aromatic carbocycles. The number of benzene rings is 1. The molecular weight excluding hydrogens is 336 g/mol. The van der Waals surface area contributed by atoms with Crippen LogP contribution in [0.15, 0.2) is 30.5 Å². The Morgan fingerprint density at radius 1 is 1.12 bits per heavy atom. The summed E-state index contributed by atoms with van der Waals surface area (Å²) in [5.74, 6) is -1.53. The number of amides is 2. The maximum absolute atomic E-state index is 12.5. The highest BCUT2D eigenvalue weighted by atomic mass is 16.4. The fraction of sp³-hybridized carbons (Fsp3) is 0.333. The zero-order valence-electron chi connectivity index (χ0n) is 14.2. The lowest BCUT2D eigenvalue weighted by atomic mass is 10.1. The van der Waals surface area contributed by atoms with Gasteiger partial charge in [-0.2, -0.15) is 5.10 Å². The summed E-state index contributed by atoms with van der Waals surface area (Å²) >= 11 is 0. The number of rotatable bonds is 6. The minimum absolute atomic E-state index is 0.0689. The highest BCUT2D eigenvalue weighted by Crippen LogP contribution is 2.19. The van der Waals surface area contributed by atoms with Crippen molar-refractivity contribution in [2.45, 2.75) is 32.2 Å². The molecule has 8 heteroatoms. The molecule has 0 aliphatic carbocycles. The number of nitrogens with zero attached hydrogens (tertiary/aromatic N) is 2. The van der Waals surface area contributed by atoms with Crippen LogP contribution >= 0.6 is 0 Å². The van der Waals surface area contributed by atoms with Gasteiger partial charge in [0.1, 0.15) is 0 Å². The number of carbonyl (C=O) groups is 3. The van der Waals surface area contributed by atoms with Crippen LogP contribution in [0.1, 0.15) is 45.7 Å². The number of carbonyl (C=O) groups excluding carboxylic acids is 2. The molecule has 2 aromatic rings. The van der Waals surface area contributed by atoms with E-state index in [1.807, 2.05) is 4.68 Å². The van der Waals surface area contributed by atoms with Gasteiger partial charge in [0.05, 0.1) is 23.9 Å². The number of aromatic nitrogens is 2. The van der Waals surface area contributed by atoms with E-state index in [-0.39, 0.29) is 24.8 Å². The summed E-state index contributed by atoms with van der Waals surface area (Å²) in [6.45, 7) is 0.910. The summed E-state index contributed by atoms with van der Waals surface area (Å²) in [6.07, 6.45) is 4.44. The van der Waals surface area contributed by atoms with E-state index >= 15 is 0 Å². The summed E-state index contributed by atoms with van der Waals surface area (Å²) in [4.78, 5) is 34.8. The molecule has 2 amide bonds. The summed E-state index contributed by atoms with van der Waals surface area (Å²) in [5, 5.41) is 18.2. The van der Waals surface area contributed by atoms with Crippen LogP contribution in [0, 0.1) is 0 Å². The van der Waals surface area contributed by atoms with Crippen molar-refractivity contribution in [2.75, 3.05) is 11.9 Å². The van der Waals surface area contributed by atoms with Gasteiger partial charge in [-0.05, 0) is 43.5 Å². The van der Waals surface area contributed by atoms with E-state index in [1.165, 1.54) is 0 Å². The average Bonchev–Trinajstić information content (AvgIpc) is 3.06. The summed E-state index contributed by atoms with van der Waals surface area (Å²) in [7, 11) is 0. The number of aryl methyl sites for hydroxylation is 1. The second-order valence-corrected chi connectivity index (χ2v) is 6.12. The van der Waals surface area contributed by atoms with Crippen LogP contribution < -0.4 is 10.6 Å². The molecule has 26 heavy (non-hydrogen) atoms. The number of carboxylic acid groups (broad SMARTS) is 1. The molecule has 0 saturated carbocycles. The number of anilines is 1. The number of hydrogen-bond acceptors (Lipinski definition) is 4. The molecule has 1 aromatic heterocycles. The lowest BCUT2D eigenvalue weighted by Crippen LogP contribution is -2.26. The van der Waals surface area contributed by atoms with E-state index in [4.69, 9.17) is 5.11 Å². The molecule has 0 fully saturated rings. The van der Waals surface area contributed by atoms with Crippen molar-refractivity contribution in [3.05, 3.63) is 47.3 Å². The third-order valence-electron chi connectivity index (χ3n) is 4.26. The third kappa shape index (κ3) is 4.08. The Morgan fingerprint density at radius 3 is 2.62 bits per heavy atom. The zero-order chi connectivity index (χ0) is 18.5. The van der Waals surface area contributed by atoms with Gasteiger partial charge in [0.25, 0.3) is 11.8 Å². The van der Waals surface area contributed by atoms with Crippen molar-refractivity contribution >= 4 is 23.5 Å². The Bertz CT molecular complexity index is 826. The lowest BCUT2D eigenvalue weighted by molar-refractivity contribution is -0.136. The molecular formula is C18H20N4O4. The molecule has 0 unspecified atom stereocenters. The quantitative estimate of drug-likeness (QED) is 0.729. The maximum atomic E-state index is 12.5. The summed E-state index contributed by atoms with van der Waals surface area (Å²) < 4.78 is 1.88. The van der Waals surface area contributed by atoms with Crippen LogP contribution in [-0.4, -0.2) is 39.2 Å². The van der Waals surface area contributed by atoms with E-state index < -0.39 is 5.97 Å². The molecule has 1 aliphatic rings. The van der Waals surface area contributed by atoms with Crippen LogP contribution in [0.25, 0.3) is 0 Å². The third-order valence-corrected chi connectivity index (χ3v) is 4.26. The van der Waals surface area contributed by atoms with Gasteiger partial charge in [0.2, 0.25) is 0 Å². The Balaban J connectivity index is 1.60. The van der Waals surface area contributed by atoms with Crippen LogP contribution in [0.2, 0.25) is 0 Å². The molecule has 0 radical (unpaired) electrons. The molecule has 136 valence electrons. The first kappa shape index (κ1) is 17.7. The molecule has 8 nitrogen and oxygen atoms in total. The smallest absolute Gasteiger partial charge is 0.305 e. The van der Waals surface area contributed by atoms with Gasteiger partial charge in [-0.3, -0.25) is 19.1 Å². The van der Waals surface area contributed by atoms with Crippen LogP contribution in [0.3, 0.4) is 0 Å². The second-order valence-electron chi connectivity index (χ2n) is 6.12. The first-order chi connectivity index (χ1) is 12.5. The number of aliphatic carboxylic acids is 1. The molecule has 3 N–H and O–H groups in total. The Hall–Kier alpha value is -3.16. The normalized spacial score (nSPS) is 12.9. The Labute approximate surface area is 150 Å². The maximum Gasteiger partial charge on any atom is 0.305 e. The molecule has 0 atom stereocenters. The molecule has 3 rings (SSSR count). The van der Waals surface area contributed by atoms with Crippen LogP contribution in [0.4, 0.5) is 5.69 Å². The second kappa shape index (κ2) is 7.81. The van der Waals surface area contributed by atoms with Crippen LogP contribution in [-0.2, 0) is 17.8 Å². The van der Waals surface area contributed by atoms with Gasteiger partial charge in [0.15, 0.2) is 0 Å². The molecule has 0 saturated heterocycles. The molecule has 2 heterocycles. The van der Waals surface area contributed by atoms with Crippen LogP contribution in [0.5, 0.6) is 0 Å². The number of hydrogen-bond donors (Lipinski definition) is 3. The highest BCUT2D eigenvalue weighted by molar-refractivity contribution is 6.05. The summed E-state index contributed by atoms with van der Waals surface area (Å²) in [6, 6.07) is 6.44. The summed E-state index contributed by atoms with van der Waals surface area (Å²) in [5.41, 5.74) is 2.52. The number of nitrogens with one attached hydrogen (secondary N) is 2. The standard InChI is InChI=1S/C18H20N4O4/c23-16(24)8-9-19-17(25)12-4-6-13(7-5-12)21-18(26)14-11-20-22-10-2-1-3-15(14)22/h4-7,11H,1-3,8-10H2,(H,19,25)(H,21,26)(H,23,24). The largest absolute Gasteiger partial charge is 0.481 e. The van der Waals surface area contributed by atoms with Gasteiger partial charge in [0, 0.05) is 24.3 Å². The van der Waals surface area contributed by atoms with Crippen molar-refractivity contribution < 1.29 is 19.5 Å². The molecule has 1 aliphatic heterocycles. The van der Waals surface area contributed by atoms with E-state index in [2.05, 4.69) is 15.7 Å². The van der Waals surface area contributed by atoms with E-state index in [1.54, 1.807) is 30.5 Å². The monoisotopic (exact) mass is 356 g/mol. The zero-order valence-corrected chi connectivity index (χ0v) is 14.2. The number of fused-ring (bicyclic) bond motifs is 1. The topological polar surface area (TPSA) is 113 Å². The first-order valence-corrected chi connectivity index (χ1v) is 8.50. The van der Waals surface area contributed by atoms with Crippen molar-refractivity contribution in [1.82, 2.24) is 15.1 Å². The fourth-order valence-electron chi connectivity index (χ4n) is 2.90. The van der Waals surface area contributed by atoms with Crippen molar-refractivity contribution in [1.29, 1.82) is 0 Å². The van der Waals surface area contributed by atoms with Gasteiger partial charge < -0.3 is 15.7 Å². The van der Waals surface area contributed by atoms with Gasteiger partial charge in [-0.1, -0.05) is 0 Å². The average molecular weight is 356 g/mol. The predicted molar refractivity (Wildman–Crippen MR) is 94.1 cm³/mol. The Kier molecular flexibility index (Phi) is 5.31. The fourth-order valence-corrected chi connectivity index (χ4v) is 2.90. The van der Waals surface area contributed by atoms with Gasteiger partial charge in [-0.25, -0.2) is 0 Å². The van der Waals surface area contributed by atoms with Crippen molar-refractivity contribution in [2.24, 2.45) is 0 Å².